The van der Waals surface area contributed by atoms with Crippen molar-refractivity contribution in [1.29, 1.82) is 0 Å². The van der Waals surface area contributed by atoms with E-state index in [0.29, 0.717) is 12.6 Å². The number of benzene rings is 1. The molecule has 1 aromatic carbocycles. The van der Waals surface area contributed by atoms with E-state index in [1.807, 2.05) is 18.2 Å². The lowest BCUT2D eigenvalue weighted by molar-refractivity contribution is -0.123. The fourth-order valence-electron chi connectivity index (χ4n) is 4.04. The molecule has 4 rings (SSSR count). The normalized spacial score (nSPS) is 19.6. The van der Waals surface area contributed by atoms with Crippen LogP contribution < -0.4 is 5.32 Å². The molecule has 0 unspecified atom stereocenters. The molecule has 1 amide bonds. The fraction of sp³-hybridized carbons (Fsp3) is 0.571. The quantitative estimate of drug-likeness (QED) is 0.809. The van der Waals surface area contributed by atoms with Crippen molar-refractivity contribution in [2.24, 2.45) is 0 Å². The van der Waals surface area contributed by atoms with Crippen molar-refractivity contribution >= 4 is 17.2 Å². The predicted octanol–water partition coefficient (Wildman–Crippen LogP) is 2.77. The molecule has 150 valence electrons. The van der Waals surface area contributed by atoms with Gasteiger partial charge >= 0.3 is 0 Å². The molecule has 2 aliphatic rings. The monoisotopic (exact) mass is 399 g/mol. The number of nitrogens with one attached hydrogen (secondary N) is 1. The van der Waals surface area contributed by atoms with E-state index in [1.54, 1.807) is 11.3 Å². The van der Waals surface area contributed by atoms with Crippen molar-refractivity contribution in [2.75, 3.05) is 32.7 Å². The average molecular weight is 400 g/mol. The van der Waals surface area contributed by atoms with Gasteiger partial charge in [-0.2, -0.15) is 0 Å². The number of carbonyl (C=O) groups excluding carboxylic acids is 1. The number of hydrogen-bond donors (Lipinski definition) is 1. The van der Waals surface area contributed by atoms with E-state index in [9.17, 15) is 4.79 Å². The van der Waals surface area contributed by atoms with Gasteiger partial charge in [0, 0.05) is 37.8 Å². The Morgan fingerprint density at radius 3 is 2.46 bits per heavy atom. The summed E-state index contributed by atoms with van der Waals surface area (Å²) in [5.41, 5.74) is 1.13. The second kappa shape index (κ2) is 9.58. The molecule has 1 N–H and O–H groups in total. The van der Waals surface area contributed by atoms with Gasteiger partial charge < -0.3 is 5.32 Å². The lowest BCUT2D eigenvalue weighted by Gasteiger charge is -2.34. The van der Waals surface area contributed by atoms with Crippen LogP contribution in [0.5, 0.6) is 0 Å². The summed E-state index contributed by atoms with van der Waals surface area (Å²) in [6.07, 6.45) is 6.11. The van der Waals surface area contributed by atoms with E-state index in [0.717, 1.165) is 61.1 Å². The first-order valence-corrected chi connectivity index (χ1v) is 11.2. The van der Waals surface area contributed by atoms with Crippen molar-refractivity contribution in [2.45, 2.75) is 44.7 Å². The van der Waals surface area contributed by atoms with Crippen molar-refractivity contribution < 1.29 is 4.79 Å². The molecule has 0 bridgehead atoms. The van der Waals surface area contributed by atoms with E-state index in [1.165, 1.54) is 19.3 Å². The standard InChI is InChI=1S/C21H29N5OS/c27-19(22-18-9-5-2-6-10-18)15-25-11-13-26(14-12-25)16-20-23-24-21(28-20)17-7-3-1-4-8-17/h1,3-4,7-8,18H,2,5-6,9-16H2,(H,22,27). The number of aromatic nitrogens is 2. The van der Waals surface area contributed by atoms with Crippen molar-refractivity contribution in [3.63, 3.8) is 0 Å². The predicted molar refractivity (Wildman–Crippen MR) is 112 cm³/mol. The third-order valence-electron chi connectivity index (χ3n) is 5.65. The van der Waals surface area contributed by atoms with Gasteiger partial charge in [0.05, 0.1) is 13.1 Å². The summed E-state index contributed by atoms with van der Waals surface area (Å²) >= 11 is 1.67. The molecule has 0 radical (unpaired) electrons. The molecule has 1 saturated carbocycles. The largest absolute Gasteiger partial charge is 0.352 e. The first-order chi connectivity index (χ1) is 13.8. The Balaban J connectivity index is 1.20. The molecule has 1 aliphatic heterocycles. The summed E-state index contributed by atoms with van der Waals surface area (Å²) in [4.78, 5) is 17.0. The number of nitrogens with zero attached hydrogens (tertiary/aromatic N) is 4. The van der Waals surface area contributed by atoms with E-state index in [4.69, 9.17) is 0 Å². The van der Waals surface area contributed by atoms with Gasteiger partial charge in [-0.15, -0.1) is 10.2 Å². The highest BCUT2D eigenvalue weighted by atomic mass is 32.1. The Bertz CT molecular complexity index is 751. The summed E-state index contributed by atoms with van der Waals surface area (Å²) in [7, 11) is 0. The highest BCUT2D eigenvalue weighted by molar-refractivity contribution is 7.14. The maximum Gasteiger partial charge on any atom is 0.234 e. The smallest absolute Gasteiger partial charge is 0.234 e. The van der Waals surface area contributed by atoms with Crippen LogP contribution in [0, 0.1) is 0 Å². The van der Waals surface area contributed by atoms with Crippen molar-refractivity contribution in [1.82, 2.24) is 25.3 Å². The molecule has 2 fully saturated rings. The molecule has 7 heteroatoms. The molecule has 1 aliphatic carbocycles. The molecule has 1 saturated heterocycles. The maximum absolute atomic E-state index is 12.3. The van der Waals surface area contributed by atoms with Gasteiger partial charge in [0.2, 0.25) is 5.91 Å². The van der Waals surface area contributed by atoms with Crippen LogP contribution >= 0.6 is 11.3 Å². The first-order valence-electron chi connectivity index (χ1n) is 10.4. The van der Waals surface area contributed by atoms with Gasteiger partial charge in [-0.3, -0.25) is 14.6 Å². The summed E-state index contributed by atoms with van der Waals surface area (Å²) in [5.74, 6) is 0.192. The summed E-state index contributed by atoms with van der Waals surface area (Å²) in [5, 5.41) is 14.0. The maximum atomic E-state index is 12.3. The minimum absolute atomic E-state index is 0.192. The Kier molecular flexibility index (Phi) is 6.67. The van der Waals surface area contributed by atoms with Crippen LogP contribution in [0.2, 0.25) is 0 Å². The third kappa shape index (κ3) is 5.37. The molecular formula is C21H29N5OS. The van der Waals surface area contributed by atoms with E-state index >= 15 is 0 Å². The third-order valence-corrected chi connectivity index (χ3v) is 6.61. The highest BCUT2D eigenvalue weighted by Crippen LogP contribution is 2.24. The summed E-state index contributed by atoms with van der Waals surface area (Å²) in [6, 6.07) is 10.6. The van der Waals surface area contributed by atoms with Crippen LogP contribution in [0.15, 0.2) is 30.3 Å². The summed E-state index contributed by atoms with van der Waals surface area (Å²) in [6.45, 7) is 5.17. The van der Waals surface area contributed by atoms with Gasteiger partial charge in [0.15, 0.2) is 0 Å². The molecule has 6 nitrogen and oxygen atoms in total. The molecular weight excluding hydrogens is 370 g/mol. The molecule has 2 aromatic rings. The van der Waals surface area contributed by atoms with Gasteiger partial charge in [-0.1, -0.05) is 60.9 Å². The van der Waals surface area contributed by atoms with Gasteiger partial charge in [0.25, 0.3) is 0 Å². The number of carbonyl (C=O) groups is 1. The lowest BCUT2D eigenvalue weighted by atomic mass is 9.95. The zero-order chi connectivity index (χ0) is 19.2. The Hall–Kier alpha value is -1.83. The Morgan fingerprint density at radius 1 is 1.00 bits per heavy atom. The van der Waals surface area contributed by atoms with Crippen molar-refractivity contribution in [3.05, 3.63) is 35.3 Å². The van der Waals surface area contributed by atoms with E-state index in [2.05, 4.69) is 37.4 Å². The topological polar surface area (TPSA) is 61.4 Å². The Morgan fingerprint density at radius 2 is 1.71 bits per heavy atom. The number of rotatable bonds is 6. The van der Waals surface area contributed by atoms with E-state index < -0.39 is 0 Å². The van der Waals surface area contributed by atoms with Crippen LogP contribution in [0.25, 0.3) is 10.6 Å². The number of hydrogen-bond acceptors (Lipinski definition) is 6. The minimum Gasteiger partial charge on any atom is -0.352 e. The zero-order valence-corrected chi connectivity index (χ0v) is 17.2. The van der Waals surface area contributed by atoms with Crippen LogP contribution in [0.3, 0.4) is 0 Å². The molecule has 28 heavy (non-hydrogen) atoms. The first kappa shape index (κ1) is 19.5. The van der Waals surface area contributed by atoms with Crippen LogP contribution in [-0.2, 0) is 11.3 Å². The highest BCUT2D eigenvalue weighted by Gasteiger charge is 2.22. The van der Waals surface area contributed by atoms with Crippen LogP contribution in [0.4, 0.5) is 0 Å². The average Bonchev–Trinajstić information content (AvgIpc) is 3.19. The van der Waals surface area contributed by atoms with Gasteiger partial charge in [-0.05, 0) is 12.8 Å². The lowest BCUT2D eigenvalue weighted by Crippen LogP contribution is -2.50. The minimum atomic E-state index is 0.192. The van der Waals surface area contributed by atoms with Crippen LogP contribution in [-0.4, -0.2) is 64.7 Å². The molecule has 0 atom stereocenters. The van der Waals surface area contributed by atoms with Gasteiger partial charge in [0.1, 0.15) is 10.0 Å². The number of piperazine rings is 1. The number of amides is 1. The fourth-order valence-corrected chi connectivity index (χ4v) is 4.92. The van der Waals surface area contributed by atoms with Crippen LogP contribution in [0.1, 0.15) is 37.1 Å². The Labute approximate surface area is 171 Å². The summed E-state index contributed by atoms with van der Waals surface area (Å²) < 4.78 is 0. The zero-order valence-electron chi connectivity index (χ0n) is 16.3. The molecule has 1 aromatic heterocycles. The SMILES string of the molecule is O=C(CN1CCN(Cc2nnc(-c3ccccc3)s2)CC1)NC1CCCCC1. The van der Waals surface area contributed by atoms with E-state index in [-0.39, 0.29) is 5.91 Å². The second-order valence-electron chi connectivity index (χ2n) is 7.82. The molecule has 2 heterocycles. The second-order valence-corrected chi connectivity index (χ2v) is 8.88. The van der Waals surface area contributed by atoms with Crippen molar-refractivity contribution in [3.8, 4) is 10.6 Å². The van der Waals surface area contributed by atoms with Gasteiger partial charge in [-0.25, -0.2) is 0 Å². The molecule has 0 spiro atoms.